The predicted octanol–water partition coefficient (Wildman–Crippen LogP) is 4.46. The number of nitrogens with one attached hydrogen (secondary N) is 2. The maximum absolute atomic E-state index is 12.0. The Hall–Kier alpha value is -2.24. The maximum Gasteiger partial charge on any atom is 0.323 e. The summed E-state index contributed by atoms with van der Waals surface area (Å²) in [5.74, 6) is 0.829. The van der Waals surface area contributed by atoms with E-state index in [1.165, 1.54) is 0 Å². The number of benzene rings is 2. The molecule has 2 aromatic carbocycles. The normalized spacial score (nSPS) is 15.6. The fourth-order valence-corrected chi connectivity index (χ4v) is 2.96. The Balaban J connectivity index is 1.51. The summed E-state index contributed by atoms with van der Waals surface area (Å²) in [6.07, 6.45) is 2.35. The summed E-state index contributed by atoms with van der Waals surface area (Å²) in [6.45, 7) is 2.13. The molecule has 0 unspecified atom stereocenters. The number of urea groups is 1. The van der Waals surface area contributed by atoms with Gasteiger partial charge >= 0.3 is 6.03 Å². The fourth-order valence-electron chi connectivity index (χ4n) is 2.77. The van der Waals surface area contributed by atoms with Crippen molar-refractivity contribution in [3.63, 3.8) is 0 Å². The third kappa shape index (κ3) is 5.37. The second-order valence-corrected chi connectivity index (χ2v) is 6.67. The standard InChI is InChI=1S/C19H22ClN3O2/c1-23-11-9-18(10-12-23)25-17-7-5-15(6-8-17)21-19(24)22-16-4-2-3-14(20)13-16/h2-8,13,18H,9-12H2,1H3,(H2,21,22,24). The van der Waals surface area contributed by atoms with Crippen LogP contribution >= 0.6 is 11.6 Å². The fraction of sp³-hybridized carbons (Fsp3) is 0.316. The van der Waals surface area contributed by atoms with Crippen LogP contribution in [-0.4, -0.2) is 37.2 Å². The van der Waals surface area contributed by atoms with Crippen LogP contribution in [-0.2, 0) is 0 Å². The molecule has 0 aromatic heterocycles. The highest BCUT2D eigenvalue weighted by Gasteiger charge is 2.17. The van der Waals surface area contributed by atoms with Gasteiger partial charge in [-0.2, -0.15) is 0 Å². The quantitative estimate of drug-likeness (QED) is 0.847. The maximum atomic E-state index is 12.0. The molecule has 0 saturated carbocycles. The molecule has 1 aliphatic heterocycles. The van der Waals surface area contributed by atoms with E-state index in [0.29, 0.717) is 16.4 Å². The number of nitrogens with zero attached hydrogens (tertiary/aromatic N) is 1. The van der Waals surface area contributed by atoms with Crippen LogP contribution in [0.1, 0.15) is 12.8 Å². The van der Waals surface area contributed by atoms with Crippen molar-refractivity contribution in [2.75, 3.05) is 30.8 Å². The molecule has 0 aliphatic carbocycles. The lowest BCUT2D eigenvalue weighted by Gasteiger charge is -2.29. The van der Waals surface area contributed by atoms with Gasteiger partial charge in [0.25, 0.3) is 0 Å². The summed E-state index contributed by atoms with van der Waals surface area (Å²) in [5.41, 5.74) is 1.35. The van der Waals surface area contributed by atoms with Crippen LogP contribution in [0.5, 0.6) is 5.75 Å². The molecular formula is C19H22ClN3O2. The minimum atomic E-state index is -0.314. The van der Waals surface area contributed by atoms with Crippen LogP contribution in [0.3, 0.4) is 0 Å². The van der Waals surface area contributed by atoms with Gasteiger partial charge in [-0.15, -0.1) is 0 Å². The number of rotatable bonds is 4. The molecule has 1 aliphatic rings. The van der Waals surface area contributed by atoms with Crippen molar-refractivity contribution in [3.05, 3.63) is 53.6 Å². The third-order valence-electron chi connectivity index (χ3n) is 4.16. The number of ether oxygens (including phenoxy) is 1. The predicted molar refractivity (Wildman–Crippen MR) is 102 cm³/mol. The van der Waals surface area contributed by atoms with Crippen LogP contribution in [0.2, 0.25) is 5.02 Å². The van der Waals surface area contributed by atoms with E-state index in [9.17, 15) is 4.79 Å². The summed E-state index contributed by atoms with van der Waals surface area (Å²) in [6, 6.07) is 14.1. The topological polar surface area (TPSA) is 53.6 Å². The smallest absolute Gasteiger partial charge is 0.323 e. The van der Waals surface area contributed by atoms with Crippen LogP contribution in [0.15, 0.2) is 48.5 Å². The van der Waals surface area contributed by atoms with E-state index in [1.807, 2.05) is 24.3 Å². The Morgan fingerprint density at radius 3 is 2.44 bits per heavy atom. The Labute approximate surface area is 152 Å². The number of carbonyl (C=O) groups is 1. The SMILES string of the molecule is CN1CCC(Oc2ccc(NC(=O)Nc3cccc(Cl)c3)cc2)CC1. The second kappa shape index (κ2) is 8.23. The molecule has 1 saturated heterocycles. The summed E-state index contributed by atoms with van der Waals surface area (Å²) in [5, 5.41) is 6.11. The average Bonchev–Trinajstić information content (AvgIpc) is 2.59. The largest absolute Gasteiger partial charge is 0.490 e. The number of hydrogen-bond donors (Lipinski definition) is 2. The van der Waals surface area contributed by atoms with E-state index in [2.05, 4.69) is 22.6 Å². The van der Waals surface area contributed by atoms with Crippen molar-refractivity contribution in [1.82, 2.24) is 4.90 Å². The first kappa shape index (κ1) is 17.6. The average molecular weight is 360 g/mol. The third-order valence-corrected chi connectivity index (χ3v) is 4.40. The molecule has 25 heavy (non-hydrogen) atoms. The summed E-state index contributed by atoms with van der Waals surface area (Å²) in [7, 11) is 2.13. The molecule has 2 amide bonds. The molecule has 0 atom stereocenters. The van der Waals surface area contributed by atoms with Crippen molar-refractivity contribution in [1.29, 1.82) is 0 Å². The lowest BCUT2D eigenvalue weighted by Crippen LogP contribution is -2.35. The van der Waals surface area contributed by atoms with Gasteiger partial charge in [0, 0.05) is 29.5 Å². The molecule has 3 rings (SSSR count). The highest BCUT2D eigenvalue weighted by atomic mass is 35.5. The second-order valence-electron chi connectivity index (χ2n) is 6.23. The van der Waals surface area contributed by atoms with E-state index >= 15 is 0 Å². The molecule has 0 radical (unpaired) electrons. The van der Waals surface area contributed by atoms with Crippen molar-refractivity contribution >= 4 is 29.0 Å². The summed E-state index contributed by atoms with van der Waals surface area (Å²) < 4.78 is 6.00. The Morgan fingerprint density at radius 1 is 1.08 bits per heavy atom. The van der Waals surface area contributed by atoms with Gasteiger partial charge in [0.05, 0.1) is 0 Å². The van der Waals surface area contributed by atoms with Gasteiger partial charge in [-0.05, 0) is 62.4 Å². The highest BCUT2D eigenvalue weighted by molar-refractivity contribution is 6.30. The Bertz CT molecular complexity index is 713. The minimum Gasteiger partial charge on any atom is -0.490 e. The number of anilines is 2. The van der Waals surface area contributed by atoms with Crippen LogP contribution in [0.25, 0.3) is 0 Å². The van der Waals surface area contributed by atoms with E-state index in [4.69, 9.17) is 16.3 Å². The first-order chi connectivity index (χ1) is 12.1. The molecule has 0 spiro atoms. The molecule has 1 heterocycles. The zero-order valence-electron chi connectivity index (χ0n) is 14.2. The van der Waals surface area contributed by atoms with E-state index in [1.54, 1.807) is 24.3 Å². The number of piperidine rings is 1. The van der Waals surface area contributed by atoms with Gasteiger partial charge in [-0.3, -0.25) is 0 Å². The lowest BCUT2D eigenvalue weighted by molar-refractivity contribution is 0.114. The Kier molecular flexibility index (Phi) is 5.79. The van der Waals surface area contributed by atoms with E-state index < -0.39 is 0 Å². The minimum absolute atomic E-state index is 0.265. The highest BCUT2D eigenvalue weighted by Crippen LogP contribution is 2.21. The zero-order valence-corrected chi connectivity index (χ0v) is 14.9. The van der Waals surface area contributed by atoms with Gasteiger partial charge < -0.3 is 20.3 Å². The number of amides is 2. The van der Waals surface area contributed by atoms with E-state index in [0.717, 1.165) is 31.7 Å². The zero-order chi connectivity index (χ0) is 17.6. The van der Waals surface area contributed by atoms with Crippen molar-refractivity contribution < 1.29 is 9.53 Å². The number of likely N-dealkylation sites (tertiary alicyclic amines) is 1. The first-order valence-electron chi connectivity index (χ1n) is 8.37. The van der Waals surface area contributed by atoms with Crippen LogP contribution in [0, 0.1) is 0 Å². The van der Waals surface area contributed by atoms with Crippen LogP contribution in [0.4, 0.5) is 16.2 Å². The molecule has 2 aromatic rings. The summed E-state index contributed by atoms with van der Waals surface area (Å²) in [4.78, 5) is 14.3. The van der Waals surface area contributed by atoms with Crippen molar-refractivity contribution in [2.45, 2.75) is 18.9 Å². The molecule has 6 heteroatoms. The lowest BCUT2D eigenvalue weighted by atomic mass is 10.1. The molecule has 0 bridgehead atoms. The van der Waals surface area contributed by atoms with Crippen LogP contribution < -0.4 is 15.4 Å². The van der Waals surface area contributed by atoms with Gasteiger partial charge in [0.1, 0.15) is 11.9 Å². The first-order valence-corrected chi connectivity index (χ1v) is 8.75. The van der Waals surface area contributed by atoms with Gasteiger partial charge in [-0.1, -0.05) is 17.7 Å². The number of hydrogen-bond acceptors (Lipinski definition) is 3. The van der Waals surface area contributed by atoms with Crippen molar-refractivity contribution in [2.24, 2.45) is 0 Å². The molecule has 132 valence electrons. The van der Waals surface area contributed by atoms with Gasteiger partial charge in [-0.25, -0.2) is 4.79 Å². The van der Waals surface area contributed by atoms with Gasteiger partial charge in [0.2, 0.25) is 0 Å². The summed E-state index contributed by atoms with van der Waals surface area (Å²) >= 11 is 5.91. The van der Waals surface area contributed by atoms with E-state index in [-0.39, 0.29) is 12.1 Å². The number of carbonyl (C=O) groups excluding carboxylic acids is 1. The molecule has 5 nitrogen and oxygen atoms in total. The Morgan fingerprint density at radius 2 is 1.76 bits per heavy atom. The molecule has 1 fully saturated rings. The van der Waals surface area contributed by atoms with Gasteiger partial charge in [0.15, 0.2) is 0 Å². The number of halogens is 1. The van der Waals surface area contributed by atoms with Crippen molar-refractivity contribution in [3.8, 4) is 5.75 Å². The monoisotopic (exact) mass is 359 g/mol. The molecule has 2 N–H and O–H groups in total. The molecular weight excluding hydrogens is 338 g/mol.